The first kappa shape index (κ1) is 14.1. The van der Waals surface area contributed by atoms with Crippen LogP contribution >= 0.6 is 35.3 Å². The third-order valence-electron chi connectivity index (χ3n) is 3.59. The van der Waals surface area contributed by atoms with Gasteiger partial charge in [-0.2, -0.15) is 0 Å². The van der Waals surface area contributed by atoms with Crippen LogP contribution in [0.2, 0.25) is 5.02 Å². The molecule has 2 nitrogen and oxygen atoms in total. The van der Waals surface area contributed by atoms with E-state index in [0.717, 1.165) is 18.0 Å². The van der Waals surface area contributed by atoms with E-state index in [-0.39, 0.29) is 18.6 Å². The molecule has 2 heterocycles. The van der Waals surface area contributed by atoms with Crippen LogP contribution in [-0.4, -0.2) is 18.1 Å². The second-order valence-electron chi connectivity index (χ2n) is 4.72. The summed E-state index contributed by atoms with van der Waals surface area (Å²) >= 11 is 8.19. The van der Waals surface area contributed by atoms with Gasteiger partial charge in [-0.05, 0) is 37.2 Å². The van der Waals surface area contributed by atoms with Gasteiger partial charge in [0, 0.05) is 33.0 Å². The maximum absolute atomic E-state index is 6.33. The number of halogens is 2. The van der Waals surface area contributed by atoms with Crippen LogP contribution in [-0.2, 0) is 13.0 Å². The van der Waals surface area contributed by atoms with Crippen molar-refractivity contribution in [2.24, 2.45) is 5.73 Å². The van der Waals surface area contributed by atoms with Crippen LogP contribution in [0.5, 0.6) is 0 Å². The van der Waals surface area contributed by atoms with E-state index in [0.29, 0.717) is 0 Å². The van der Waals surface area contributed by atoms with Crippen LogP contribution in [0.1, 0.15) is 16.0 Å². The Morgan fingerprint density at radius 2 is 2.11 bits per heavy atom. The van der Waals surface area contributed by atoms with Crippen molar-refractivity contribution in [3.63, 3.8) is 0 Å². The highest BCUT2D eigenvalue weighted by Gasteiger charge is 2.24. The van der Waals surface area contributed by atoms with Gasteiger partial charge in [-0.3, -0.25) is 4.90 Å². The molecule has 3 rings (SSSR count). The van der Waals surface area contributed by atoms with Crippen LogP contribution in [0.4, 0.5) is 0 Å². The molecule has 1 aromatic heterocycles. The van der Waals surface area contributed by atoms with Crippen LogP contribution in [0, 0.1) is 6.92 Å². The van der Waals surface area contributed by atoms with Crippen molar-refractivity contribution in [2.75, 3.05) is 7.05 Å². The lowest BCUT2D eigenvalue weighted by atomic mass is 10.0. The monoisotopic (exact) mass is 302 g/mol. The fraction of sp³-hybridized carbons (Fsp3) is 0.385. The average Bonchev–Trinajstić information content (AvgIpc) is 2.52. The third-order valence-corrected chi connectivity index (χ3v) is 5.06. The van der Waals surface area contributed by atoms with Gasteiger partial charge in [0.15, 0.2) is 0 Å². The van der Waals surface area contributed by atoms with E-state index in [2.05, 4.69) is 24.9 Å². The van der Waals surface area contributed by atoms with E-state index >= 15 is 0 Å². The zero-order chi connectivity index (χ0) is 12.2. The molecule has 18 heavy (non-hydrogen) atoms. The summed E-state index contributed by atoms with van der Waals surface area (Å²) in [5, 5.41) is 2.20. The quantitative estimate of drug-likeness (QED) is 0.806. The molecule has 0 amide bonds. The first-order chi connectivity index (χ1) is 8.08. The van der Waals surface area contributed by atoms with Crippen molar-refractivity contribution < 1.29 is 0 Å². The fourth-order valence-electron chi connectivity index (χ4n) is 2.54. The molecule has 0 fully saturated rings. The van der Waals surface area contributed by atoms with Gasteiger partial charge in [-0.1, -0.05) is 11.6 Å². The number of nitrogens with two attached hydrogens (primary N) is 1. The molecule has 0 saturated heterocycles. The van der Waals surface area contributed by atoms with E-state index in [9.17, 15) is 0 Å². The van der Waals surface area contributed by atoms with Crippen LogP contribution in [0.15, 0.2) is 12.1 Å². The van der Waals surface area contributed by atoms with Crippen molar-refractivity contribution in [2.45, 2.75) is 26.1 Å². The molecular formula is C13H16Cl2N2S. The molecule has 0 bridgehead atoms. The number of hydrogen-bond acceptors (Lipinski definition) is 3. The van der Waals surface area contributed by atoms with Crippen molar-refractivity contribution in [3.05, 3.63) is 33.2 Å². The molecule has 1 aliphatic heterocycles. The minimum absolute atomic E-state index is 0. The Labute approximate surface area is 122 Å². The standard InChI is InChI=1S/C13H15ClN2S.ClH/c1-7-9-6-16(2)12(15)5-8-10(14)3-4-11(17-7)13(8)9;/h3-4,12H,5-6,15H2,1-2H3;1H. The second-order valence-corrected chi connectivity index (χ2v) is 6.39. The summed E-state index contributed by atoms with van der Waals surface area (Å²) in [7, 11) is 2.08. The first-order valence-corrected chi connectivity index (χ1v) is 6.92. The fourth-order valence-corrected chi connectivity index (χ4v) is 3.88. The van der Waals surface area contributed by atoms with Gasteiger partial charge in [-0.15, -0.1) is 23.7 Å². The Balaban J connectivity index is 0.00000120. The number of rotatable bonds is 0. The first-order valence-electron chi connectivity index (χ1n) is 5.73. The average molecular weight is 303 g/mol. The zero-order valence-electron chi connectivity index (χ0n) is 10.4. The molecule has 1 unspecified atom stereocenters. The van der Waals surface area contributed by atoms with Crippen molar-refractivity contribution >= 4 is 45.4 Å². The van der Waals surface area contributed by atoms with Crippen molar-refractivity contribution in [1.82, 2.24) is 4.90 Å². The molecule has 0 radical (unpaired) electrons. The Morgan fingerprint density at radius 1 is 1.39 bits per heavy atom. The van der Waals surface area contributed by atoms with Gasteiger partial charge in [0.2, 0.25) is 0 Å². The Hall–Kier alpha value is -0.320. The Morgan fingerprint density at radius 3 is 2.83 bits per heavy atom. The number of likely N-dealkylation sites (N-methyl/N-ethyl adjacent to an activating group) is 1. The number of hydrogen-bond donors (Lipinski definition) is 1. The summed E-state index contributed by atoms with van der Waals surface area (Å²) in [6.07, 6.45) is 0.880. The Bertz CT molecular complexity index is 594. The van der Waals surface area contributed by atoms with Gasteiger partial charge in [0.1, 0.15) is 0 Å². The van der Waals surface area contributed by atoms with Gasteiger partial charge >= 0.3 is 0 Å². The number of thiophene rings is 1. The summed E-state index contributed by atoms with van der Waals surface area (Å²) in [6, 6.07) is 4.12. The highest BCUT2D eigenvalue weighted by atomic mass is 35.5. The summed E-state index contributed by atoms with van der Waals surface area (Å²) in [5.74, 6) is 0. The maximum atomic E-state index is 6.33. The minimum atomic E-state index is 0. The largest absolute Gasteiger partial charge is 0.315 e. The SMILES string of the molecule is Cc1sc2ccc(Cl)c3c2c1CN(C)C(N)C3.Cl. The molecule has 0 aliphatic carbocycles. The maximum Gasteiger partial charge on any atom is 0.0614 e. The molecule has 1 aliphatic rings. The van der Waals surface area contributed by atoms with Gasteiger partial charge < -0.3 is 5.73 Å². The lowest BCUT2D eigenvalue weighted by Gasteiger charge is -2.22. The number of benzene rings is 1. The summed E-state index contributed by atoms with van der Waals surface area (Å²) in [6.45, 7) is 3.10. The normalized spacial score (nSPS) is 19.7. The van der Waals surface area contributed by atoms with E-state index in [1.807, 2.05) is 17.4 Å². The molecule has 2 N–H and O–H groups in total. The molecule has 1 atom stereocenters. The molecule has 2 aromatic rings. The number of aryl methyl sites for hydroxylation is 1. The molecule has 1 aromatic carbocycles. The van der Waals surface area contributed by atoms with E-state index in [1.165, 1.54) is 26.1 Å². The van der Waals surface area contributed by atoms with E-state index in [1.54, 1.807) is 0 Å². The predicted octanol–water partition coefficient (Wildman–Crippen LogP) is 3.56. The van der Waals surface area contributed by atoms with E-state index in [4.69, 9.17) is 17.3 Å². The van der Waals surface area contributed by atoms with E-state index < -0.39 is 0 Å². The van der Waals surface area contributed by atoms with Crippen LogP contribution in [0.25, 0.3) is 10.1 Å². The Kier molecular flexibility index (Phi) is 3.90. The van der Waals surface area contributed by atoms with Gasteiger partial charge in [-0.25, -0.2) is 0 Å². The van der Waals surface area contributed by atoms with Crippen molar-refractivity contribution in [3.8, 4) is 0 Å². The summed E-state index contributed by atoms with van der Waals surface area (Å²) < 4.78 is 1.33. The van der Waals surface area contributed by atoms with Crippen molar-refractivity contribution in [1.29, 1.82) is 0 Å². The summed E-state index contributed by atoms with van der Waals surface area (Å²) in [5.41, 5.74) is 8.81. The molecular weight excluding hydrogens is 287 g/mol. The highest BCUT2D eigenvalue weighted by Crippen LogP contribution is 2.39. The number of nitrogens with zero attached hydrogens (tertiary/aromatic N) is 1. The van der Waals surface area contributed by atoms with Gasteiger partial charge in [0.25, 0.3) is 0 Å². The molecule has 5 heteroatoms. The third kappa shape index (κ3) is 2.04. The highest BCUT2D eigenvalue weighted by molar-refractivity contribution is 7.19. The van der Waals surface area contributed by atoms with Crippen LogP contribution < -0.4 is 5.73 Å². The minimum Gasteiger partial charge on any atom is -0.315 e. The molecule has 98 valence electrons. The lowest BCUT2D eigenvalue weighted by molar-refractivity contribution is 0.242. The molecule has 0 saturated carbocycles. The lowest BCUT2D eigenvalue weighted by Crippen LogP contribution is -2.39. The molecule has 0 spiro atoms. The smallest absolute Gasteiger partial charge is 0.0614 e. The van der Waals surface area contributed by atoms with Crippen LogP contribution in [0.3, 0.4) is 0 Å². The topological polar surface area (TPSA) is 29.3 Å². The second kappa shape index (κ2) is 4.99. The zero-order valence-corrected chi connectivity index (χ0v) is 12.8. The van der Waals surface area contributed by atoms with Gasteiger partial charge in [0.05, 0.1) is 6.17 Å². The predicted molar refractivity (Wildman–Crippen MR) is 82.0 cm³/mol. The summed E-state index contributed by atoms with van der Waals surface area (Å²) in [4.78, 5) is 3.58.